The van der Waals surface area contributed by atoms with E-state index in [4.69, 9.17) is 4.52 Å². The lowest BCUT2D eigenvalue weighted by Gasteiger charge is -2.10. The molecule has 0 aromatic carbocycles. The van der Waals surface area contributed by atoms with Crippen LogP contribution in [0, 0.1) is 12.8 Å². The second-order valence-corrected chi connectivity index (χ2v) is 4.62. The predicted octanol–water partition coefficient (Wildman–Crippen LogP) is 2.10. The van der Waals surface area contributed by atoms with E-state index in [-0.39, 0.29) is 24.0 Å². The fourth-order valence-corrected chi connectivity index (χ4v) is 1.51. The third-order valence-corrected chi connectivity index (χ3v) is 2.45. The second-order valence-electron chi connectivity index (χ2n) is 4.62. The van der Waals surface area contributed by atoms with Gasteiger partial charge >= 0.3 is 0 Å². The lowest BCUT2D eigenvalue weighted by Crippen LogP contribution is -2.37. The molecule has 1 aromatic rings. The van der Waals surface area contributed by atoms with Crippen LogP contribution in [0.25, 0.3) is 0 Å². The monoisotopic (exact) mass is 381 g/mol. The number of rotatable bonds is 6. The smallest absolute Gasteiger partial charge is 0.246 e. The molecule has 0 saturated carbocycles. The first kappa shape index (κ1) is 18.1. The van der Waals surface area contributed by atoms with Gasteiger partial charge in [0.15, 0.2) is 11.8 Å². The van der Waals surface area contributed by atoms with Crippen LogP contribution in [-0.4, -0.2) is 29.7 Å². The van der Waals surface area contributed by atoms with Gasteiger partial charge in [0.05, 0.1) is 6.54 Å². The molecule has 1 heterocycles. The second kappa shape index (κ2) is 9.99. The highest BCUT2D eigenvalue weighted by Gasteiger charge is 2.03. The van der Waals surface area contributed by atoms with E-state index in [1.54, 1.807) is 14.0 Å². The van der Waals surface area contributed by atoms with E-state index < -0.39 is 0 Å². The highest BCUT2D eigenvalue weighted by atomic mass is 127. The molecule has 7 heteroatoms. The van der Waals surface area contributed by atoms with Crippen molar-refractivity contribution >= 4 is 29.9 Å². The van der Waals surface area contributed by atoms with E-state index in [0.717, 1.165) is 24.8 Å². The summed E-state index contributed by atoms with van der Waals surface area (Å²) >= 11 is 0. The van der Waals surface area contributed by atoms with E-state index in [2.05, 4.69) is 39.6 Å². The molecule has 0 aliphatic rings. The van der Waals surface area contributed by atoms with Crippen LogP contribution in [-0.2, 0) is 6.54 Å². The number of hydrogen-bond acceptors (Lipinski definition) is 4. The largest absolute Gasteiger partial charge is 0.356 e. The molecule has 0 spiro atoms. The minimum Gasteiger partial charge on any atom is -0.356 e. The minimum atomic E-state index is 0. The van der Waals surface area contributed by atoms with Crippen LogP contribution in [0.5, 0.6) is 0 Å². The van der Waals surface area contributed by atoms with Crippen LogP contribution < -0.4 is 10.6 Å². The van der Waals surface area contributed by atoms with Gasteiger partial charge in [-0.2, -0.15) is 4.98 Å². The SMILES string of the molecule is CN=C(NCCCC(C)C)NCc1nc(C)no1.I. The predicted molar refractivity (Wildman–Crippen MR) is 86.7 cm³/mol. The maximum absolute atomic E-state index is 5.01. The van der Waals surface area contributed by atoms with Crippen molar-refractivity contribution in [3.63, 3.8) is 0 Å². The third kappa shape index (κ3) is 8.02. The standard InChI is InChI=1S/C12H23N5O.HI/c1-9(2)6-5-7-14-12(13-4)15-8-11-16-10(3)17-18-11;/h9H,5-8H2,1-4H3,(H2,13,14,15);1H. The summed E-state index contributed by atoms with van der Waals surface area (Å²) in [5.74, 6) is 2.71. The molecule has 0 bridgehead atoms. The fraction of sp³-hybridized carbons (Fsp3) is 0.750. The van der Waals surface area contributed by atoms with Crippen LogP contribution in [0.3, 0.4) is 0 Å². The van der Waals surface area contributed by atoms with Gasteiger partial charge in [0.25, 0.3) is 0 Å². The van der Waals surface area contributed by atoms with E-state index in [0.29, 0.717) is 18.3 Å². The summed E-state index contributed by atoms with van der Waals surface area (Å²) in [5.41, 5.74) is 0. The summed E-state index contributed by atoms with van der Waals surface area (Å²) in [6, 6.07) is 0. The molecule has 0 fully saturated rings. The Labute approximate surface area is 131 Å². The first-order valence-electron chi connectivity index (χ1n) is 6.35. The highest BCUT2D eigenvalue weighted by Crippen LogP contribution is 2.01. The zero-order chi connectivity index (χ0) is 13.4. The molecular formula is C12H24IN5O. The Morgan fingerprint density at radius 2 is 2.11 bits per heavy atom. The average molecular weight is 381 g/mol. The molecule has 6 nitrogen and oxygen atoms in total. The molecular weight excluding hydrogens is 357 g/mol. The summed E-state index contributed by atoms with van der Waals surface area (Å²) in [6.07, 6.45) is 2.35. The number of nitrogens with one attached hydrogen (secondary N) is 2. The van der Waals surface area contributed by atoms with Crippen molar-refractivity contribution in [3.8, 4) is 0 Å². The number of aliphatic imine (C=N–C) groups is 1. The van der Waals surface area contributed by atoms with Crippen LogP contribution in [0.1, 0.15) is 38.4 Å². The van der Waals surface area contributed by atoms with E-state index in [1.165, 1.54) is 6.42 Å². The Kier molecular flexibility index (Phi) is 9.54. The van der Waals surface area contributed by atoms with Crippen LogP contribution >= 0.6 is 24.0 Å². The van der Waals surface area contributed by atoms with Crippen molar-refractivity contribution in [2.24, 2.45) is 10.9 Å². The van der Waals surface area contributed by atoms with Crippen molar-refractivity contribution < 1.29 is 4.52 Å². The average Bonchev–Trinajstić information content (AvgIpc) is 2.74. The minimum absolute atomic E-state index is 0. The molecule has 0 unspecified atom stereocenters. The molecule has 0 saturated heterocycles. The lowest BCUT2D eigenvalue weighted by molar-refractivity contribution is 0.371. The van der Waals surface area contributed by atoms with Crippen molar-refractivity contribution in [1.82, 2.24) is 20.8 Å². The van der Waals surface area contributed by atoms with Crippen molar-refractivity contribution in [1.29, 1.82) is 0 Å². The molecule has 2 N–H and O–H groups in total. The van der Waals surface area contributed by atoms with Gasteiger partial charge in [0.1, 0.15) is 0 Å². The Hall–Kier alpha value is -0.860. The summed E-state index contributed by atoms with van der Waals surface area (Å²) in [4.78, 5) is 8.24. The molecule has 0 aliphatic heterocycles. The molecule has 0 amide bonds. The summed E-state index contributed by atoms with van der Waals surface area (Å²) in [6.45, 7) is 7.66. The Bertz CT molecular complexity index is 378. The summed E-state index contributed by atoms with van der Waals surface area (Å²) in [5, 5.41) is 10.1. The van der Waals surface area contributed by atoms with Crippen LogP contribution in [0.2, 0.25) is 0 Å². The third-order valence-electron chi connectivity index (χ3n) is 2.45. The van der Waals surface area contributed by atoms with Crippen molar-refractivity contribution in [2.45, 2.75) is 40.2 Å². The number of guanidine groups is 1. The van der Waals surface area contributed by atoms with E-state index in [9.17, 15) is 0 Å². The van der Waals surface area contributed by atoms with Gasteiger partial charge in [-0.1, -0.05) is 19.0 Å². The number of aryl methyl sites for hydroxylation is 1. The van der Waals surface area contributed by atoms with Gasteiger partial charge in [-0.3, -0.25) is 4.99 Å². The summed E-state index contributed by atoms with van der Waals surface area (Å²) in [7, 11) is 1.75. The van der Waals surface area contributed by atoms with E-state index >= 15 is 0 Å². The van der Waals surface area contributed by atoms with Crippen molar-refractivity contribution in [3.05, 3.63) is 11.7 Å². The van der Waals surface area contributed by atoms with E-state index in [1.807, 2.05) is 0 Å². The lowest BCUT2D eigenvalue weighted by atomic mass is 10.1. The normalized spacial score (nSPS) is 11.3. The number of hydrogen-bond donors (Lipinski definition) is 2. The van der Waals surface area contributed by atoms with Gasteiger partial charge in [-0.15, -0.1) is 24.0 Å². The van der Waals surface area contributed by atoms with Crippen LogP contribution in [0.4, 0.5) is 0 Å². The first-order valence-corrected chi connectivity index (χ1v) is 6.35. The number of nitrogens with zero attached hydrogens (tertiary/aromatic N) is 3. The fourth-order valence-electron chi connectivity index (χ4n) is 1.51. The molecule has 0 atom stereocenters. The molecule has 0 radical (unpaired) electrons. The molecule has 1 rings (SSSR count). The topological polar surface area (TPSA) is 75.3 Å². The molecule has 110 valence electrons. The maximum atomic E-state index is 5.01. The Morgan fingerprint density at radius 3 is 2.63 bits per heavy atom. The summed E-state index contributed by atoms with van der Waals surface area (Å²) < 4.78 is 5.01. The van der Waals surface area contributed by atoms with Crippen LogP contribution in [0.15, 0.2) is 9.52 Å². The van der Waals surface area contributed by atoms with Gasteiger partial charge in [-0.25, -0.2) is 0 Å². The maximum Gasteiger partial charge on any atom is 0.246 e. The molecule has 19 heavy (non-hydrogen) atoms. The molecule has 1 aromatic heterocycles. The highest BCUT2D eigenvalue weighted by molar-refractivity contribution is 14.0. The van der Waals surface area contributed by atoms with Gasteiger partial charge in [-0.05, 0) is 25.7 Å². The van der Waals surface area contributed by atoms with Gasteiger partial charge in [0.2, 0.25) is 5.89 Å². The first-order chi connectivity index (χ1) is 8.61. The number of aromatic nitrogens is 2. The van der Waals surface area contributed by atoms with Gasteiger partial charge < -0.3 is 15.2 Å². The van der Waals surface area contributed by atoms with Crippen molar-refractivity contribution in [2.75, 3.05) is 13.6 Å². The number of halogens is 1. The Balaban J connectivity index is 0.00000324. The molecule has 0 aliphatic carbocycles. The zero-order valence-electron chi connectivity index (χ0n) is 12.1. The van der Waals surface area contributed by atoms with Gasteiger partial charge in [0, 0.05) is 13.6 Å². The Morgan fingerprint density at radius 1 is 1.37 bits per heavy atom. The zero-order valence-corrected chi connectivity index (χ0v) is 14.4. The quantitative estimate of drug-likeness (QED) is 0.342.